The third kappa shape index (κ3) is 4.49. The van der Waals surface area contributed by atoms with E-state index >= 15 is 0 Å². The lowest BCUT2D eigenvalue weighted by atomic mass is 10.1. The van der Waals surface area contributed by atoms with Crippen molar-refractivity contribution in [2.75, 3.05) is 0 Å². The van der Waals surface area contributed by atoms with Crippen molar-refractivity contribution >= 4 is 26.4 Å². The Morgan fingerprint density at radius 2 is 1.71 bits per heavy atom. The topological polar surface area (TPSA) is 135 Å². The smallest absolute Gasteiger partial charge is 0.295 e. The van der Waals surface area contributed by atoms with Crippen molar-refractivity contribution in [2.45, 2.75) is 36.1 Å². The van der Waals surface area contributed by atoms with Gasteiger partial charge in [0.05, 0.1) is 10.5 Å². The lowest BCUT2D eigenvalue weighted by Crippen LogP contribution is -2.29. The zero-order valence-corrected chi connectivity index (χ0v) is 13.1. The number of hydrogen-bond donors (Lipinski definition) is 2. The number of hydrogen-bond acceptors (Lipinski definition) is 5. The second-order valence-corrected chi connectivity index (χ2v) is 8.00. The van der Waals surface area contributed by atoms with Gasteiger partial charge in [0.1, 0.15) is 6.27 Å². The summed E-state index contributed by atoms with van der Waals surface area (Å²) in [6.45, 7) is 4.44. The molecule has 0 spiro atoms. The van der Waals surface area contributed by atoms with Gasteiger partial charge in [0.2, 0.25) is 0 Å². The predicted octanol–water partition coefficient (Wildman–Crippen LogP) is 0.908. The molecule has 0 saturated carbocycles. The number of rotatable bonds is 3. The third-order valence-corrected chi connectivity index (χ3v) is 4.10. The average Bonchev–Trinajstić information content (AvgIpc) is 2.33. The molecule has 118 valence electrons. The van der Waals surface area contributed by atoms with Crippen LogP contribution < -0.4 is 0 Å². The Morgan fingerprint density at radius 1 is 1.19 bits per heavy atom. The fourth-order valence-corrected chi connectivity index (χ4v) is 2.49. The molecule has 0 amide bonds. The zero-order chi connectivity index (χ0) is 17.5. The van der Waals surface area contributed by atoms with Crippen molar-refractivity contribution in [3.63, 3.8) is 0 Å². The Labute approximate surface area is 124 Å². The maximum Gasteiger partial charge on any atom is 0.295 e. The van der Waals surface area contributed by atoms with Crippen molar-refractivity contribution < 1.29 is 32.1 Å². The Hall–Kier alpha value is -1.49. The van der Waals surface area contributed by atoms with Gasteiger partial charge in [-0.25, -0.2) is 4.74 Å². The van der Waals surface area contributed by atoms with E-state index in [2.05, 4.69) is 0 Å². The van der Waals surface area contributed by atoms with Gasteiger partial charge < -0.3 is 5.21 Å². The van der Waals surface area contributed by atoms with Gasteiger partial charge in [-0.15, -0.1) is 0 Å². The monoisotopic (exact) mass is 338 g/mol. The van der Waals surface area contributed by atoms with Crippen molar-refractivity contribution in [3.8, 4) is 0 Å². The third-order valence-electron chi connectivity index (χ3n) is 2.36. The summed E-state index contributed by atoms with van der Waals surface area (Å²) in [6.07, 6.45) is -0.776. The van der Waals surface area contributed by atoms with Crippen LogP contribution in [0.15, 0.2) is 28.0 Å². The maximum absolute atomic E-state index is 12.0. The first-order valence-electron chi connectivity index (χ1n) is 6.06. The quantitative estimate of drug-likeness (QED) is 0.275. The van der Waals surface area contributed by atoms with Crippen LogP contribution in [-0.4, -0.2) is 42.4 Å². The minimum absolute atomic E-state index is 0.212. The summed E-state index contributed by atoms with van der Waals surface area (Å²) >= 11 is 0. The molecular weight excluding hydrogens is 322 g/mol. The summed E-state index contributed by atoms with van der Waals surface area (Å²) in [5.41, 5.74) is -1.55. The second kappa shape index (κ2) is 5.37. The van der Waals surface area contributed by atoms with Gasteiger partial charge in [0.25, 0.3) is 20.2 Å². The lowest BCUT2D eigenvalue weighted by molar-refractivity contribution is -0.530. The van der Waals surface area contributed by atoms with Crippen molar-refractivity contribution in [1.82, 2.24) is 0 Å². The summed E-state index contributed by atoms with van der Waals surface area (Å²) in [7, 11) is -9.64. The molecule has 1 rings (SSSR count). The Bertz CT molecular complexity index is 836. The molecule has 0 aliphatic rings. The average molecular weight is 338 g/mol. The first kappa shape index (κ1) is 15.9. The van der Waals surface area contributed by atoms with Crippen molar-refractivity contribution in [1.29, 1.82) is 0 Å². The van der Waals surface area contributed by atoms with E-state index in [0.29, 0.717) is 6.07 Å². The molecule has 21 heavy (non-hydrogen) atoms. The van der Waals surface area contributed by atoms with Crippen molar-refractivity contribution in [3.05, 3.63) is 29.0 Å². The summed E-state index contributed by atoms with van der Waals surface area (Å²) in [5.74, 6) is 0. The van der Waals surface area contributed by atoms with E-state index in [0.717, 1.165) is 12.1 Å². The van der Waals surface area contributed by atoms with Crippen molar-refractivity contribution in [2.24, 2.45) is 0 Å². The SMILES string of the molecule is [2H]/C(c1ccc(S(=O)(=O)O)cc1S(=O)(=O)O)=[N+](\[O-])C(C)(C)C. The van der Waals surface area contributed by atoms with Gasteiger partial charge >= 0.3 is 0 Å². The van der Waals surface area contributed by atoms with Crippen LogP contribution in [0.3, 0.4) is 0 Å². The van der Waals surface area contributed by atoms with Crippen LogP contribution in [0.4, 0.5) is 0 Å². The Morgan fingerprint density at radius 3 is 2.10 bits per heavy atom. The van der Waals surface area contributed by atoms with E-state index in [9.17, 15) is 26.6 Å². The molecule has 0 aliphatic carbocycles. The van der Waals surface area contributed by atoms with Crippen LogP contribution in [0.25, 0.3) is 0 Å². The highest BCUT2D eigenvalue weighted by Crippen LogP contribution is 2.20. The maximum atomic E-state index is 12.0. The first-order valence-corrected chi connectivity index (χ1v) is 8.44. The van der Waals surface area contributed by atoms with E-state index in [1.165, 1.54) is 20.8 Å². The predicted molar refractivity (Wildman–Crippen MR) is 74.6 cm³/mol. The Kier molecular flexibility index (Phi) is 4.06. The fraction of sp³-hybridized carbons (Fsp3) is 0.364. The van der Waals surface area contributed by atoms with Crippen LogP contribution >= 0.6 is 0 Å². The van der Waals surface area contributed by atoms with Crippen LogP contribution in [0, 0.1) is 5.21 Å². The molecule has 0 heterocycles. The molecule has 0 aromatic heterocycles. The van der Waals surface area contributed by atoms with Crippen LogP contribution in [-0.2, 0) is 20.2 Å². The van der Waals surface area contributed by atoms with Crippen LogP contribution in [0.2, 0.25) is 0 Å². The molecule has 2 N–H and O–H groups in total. The van der Waals surface area contributed by atoms with E-state index in [4.69, 9.17) is 5.92 Å². The van der Waals surface area contributed by atoms with E-state index in [-0.39, 0.29) is 4.74 Å². The number of benzene rings is 1. The number of hydroxylamine groups is 1. The molecule has 0 unspecified atom stereocenters. The summed E-state index contributed by atoms with van der Waals surface area (Å²) < 4.78 is 70.9. The van der Waals surface area contributed by atoms with Gasteiger partial charge in [-0.1, -0.05) is 0 Å². The standard InChI is InChI=1S/C11H15NO7S2/c1-11(2,3)12(13)7-8-4-5-9(20(14,15)16)6-10(8)21(17,18)19/h4-7H,1-3H3,(H,14,15,16)(H,17,18,19)/b12-7+/i7D. The minimum Gasteiger partial charge on any atom is -0.623 e. The highest BCUT2D eigenvalue weighted by molar-refractivity contribution is 7.86. The summed E-state index contributed by atoms with van der Waals surface area (Å²) in [5, 5.41) is 12.0. The second-order valence-electron chi connectivity index (χ2n) is 5.19. The van der Waals surface area contributed by atoms with E-state index in [1.54, 1.807) is 0 Å². The molecule has 10 heteroatoms. The molecule has 0 fully saturated rings. The minimum atomic E-state index is -4.92. The Balaban J connectivity index is 3.79. The zero-order valence-electron chi connectivity index (χ0n) is 12.4. The highest BCUT2D eigenvalue weighted by atomic mass is 32.2. The molecule has 1 aromatic rings. The van der Waals surface area contributed by atoms with E-state index < -0.39 is 47.3 Å². The summed E-state index contributed by atoms with van der Waals surface area (Å²) in [6, 6.07) is 2.15. The molecular formula is C11H15NO7S2. The molecule has 0 saturated heterocycles. The van der Waals surface area contributed by atoms with Gasteiger partial charge in [0, 0.05) is 20.8 Å². The van der Waals surface area contributed by atoms with Crippen LogP contribution in [0.5, 0.6) is 0 Å². The largest absolute Gasteiger partial charge is 0.623 e. The molecule has 0 radical (unpaired) electrons. The van der Waals surface area contributed by atoms with Gasteiger partial charge in [-0.3, -0.25) is 9.11 Å². The molecule has 0 atom stereocenters. The highest BCUT2D eigenvalue weighted by Gasteiger charge is 2.23. The summed E-state index contributed by atoms with van der Waals surface area (Å²) in [4.78, 5) is -1.75. The van der Waals surface area contributed by atoms with E-state index in [1.807, 2.05) is 0 Å². The number of nitrogens with zero attached hydrogens (tertiary/aromatic N) is 1. The van der Waals surface area contributed by atoms with Crippen LogP contribution in [0.1, 0.15) is 27.7 Å². The molecule has 0 bridgehead atoms. The fourth-order valence-electron chi connectivity index (χ4n) is 1.25. The lowest BCUT2D eigenvalue weighted by Gasteiger charge is -2.19. The first-order chi connectivity index (χ1) is 9.65. The molecule has 8 nitrogen and oxygen atoms in total. The molecule has 0 aliphatic heterocycles. The van der Waals surface area contributed by atoms with Gasteiger partial charge in [-0.2, -0.15) is 16.8 Å². The van der Waals surface area contributed by atoms with Gasteiger partial charge in [-0.05, 0) is 18.2 Å². The normalized spacial score (nSPS) is 15.4. The van der Waals surface area contributed by atoms with Gasteiger partial charge in [0.15, 0.2) is 11.7 Å². The molecule has 1 aromatic carbocycles.